The van der Waals surface area contributed by atoms with Gasteiger partial charge in [0.2, 0.25) is 0 Å². The maximum absolute atomic E-state index is 6.06. The van der Waals surface area contributed by atoms with E-state index in [4.69, 9.17) is 11.6 Å². The van der Waals surface area contributed by atoms with Gasteiger partial charge in [0.15, 0.2) is 0 Å². The van der Waals surface area contributed by atoms with E-state index >= 15 is 0 Å². The van der Waals surface area contributed by atoms with Crippen LogP contribution in [0.25, 0.3) is 0 Å². The van der Waals surface area contributed by atoms with Gasteiger partial charge in [-0.2, -0.15) is 11.8 Å². The third-order valence-corrected chi connectivity index (χ3v) is 4.36. The molecule has 1 aliphatic rings. The largest absolute Gasteiger partial charge is 0.374 e. The number of thioether (sulfide) groups is 1. The predicted molar refractivity (Wildman–Crippen MR) is 77.5 cm³/mol. The summed E-state index contributed by atoms with van der Waals surface area (Å²) in [5.74, 6) is 1.23. The molecule has 1 atom stereocenters. The van der Waals surface area contributed by atoms with Crippen LogP contribution in [-0.4, -0.2) is 19.3 Å². The van der Waals surface area contributed by atoms with E-state index in [1.807, 2.05) is 17.8 Å². The molecule has 1 unspecified atom stereocenters. The second kappa shape index (κ2) is 6.04. The highest BCUT2D eigenvalue weighted by Gasteiger charge is 2.16. The number of nitrogens with zero attached hydrogens (tertiary/aromatic N) is 1. The first kappa shape index (κ1) is 14.0. The lowest BCUT2D eigenvalue weighted by atomic mass is 10.1. The van der Waals surface area contributed by atoms with Crippen molar-refractivity contribution in [2.45, 2.75) is 18.6 Å². The summed E-state index contributed by atoms with van der Waals surface area (Å²) in [4.78, 5) is 2.34. The van der Waals surface area contributed by atoms with E-state index in [9.17, 15) is 0 Å². The van der Waals surface area contributed by atoms with Crippen molar-refractivity contribution >= 4 is 41.5 Å². The van der Waals surface area contributed by atoms with Crippen molar-refractivity contribution in [3.63, 3.8) is 0 Å². The second-order valence-corrected chi connectivity index (χ2v) is 5.88. The van der Waals surface area contributed by atoms with Crippen molar-refractivity contribution in [1.82, 2.24) is 0 Å². The van der Waals surface area contributed by atoms with Crippen LogP contribution in [-0.2, 0) is 0 Å². The number of hydrogen-bond acceptors (Lipinski definition) is 2. The predicted octanol–water partition coefficient (Wildman–Crippen LogP) is 4.40. The molecule has 1 aliphatic heterocycles. The molecule has 0 saturated heterocycles. The SMILES string of the molecule is CC1SCCCN(C)c2ccc(Cl)cc21.Cl. The third kappa shape index (κ3) is 2.99. The molecular formula is C12H17Cl2NS. The third-order valence-electron chi connectivity index (χ3n) is 2.84. The Morgan fingerprint density at radius 3 is 2.94 bits per heavy atom. The molecule has 2 rings (SSSR count). The van der Waals surface area contributed by atoms with Crippen LogP contribution in [0.1, 0.15) is 24.2 Å². The minimum atomic E-state index is 0. The van der Waals surface area contributed by atoms with E-state index in [0.29, 0.717) is 5.25 Å². The molecule has 0 radical (unpaired) electrons. The summed E-state index contributed by atoms with van der Waals surface area (Å²) in [6.45, 7) is 3.40. The summed E-state index contributed by atoms with van der Waals surface area (Å²) in [5, 5.41) is 1.39. The Labute approximate surface area is 113 Å². The zero-order valence-electron chi connectivity index (χ0n) is 9.57. The molecule has 1 nitrogen and oxygen atoms in total. The lowest BCUT2D eigenvalue weighted by Gasteiger charge is -2.28. The molecule has 1 aromatic carbocycles. The molecule has 4 heteroatoms. The molecule has 0 aliphatic carbocycles. The fourth-order valence-corrected chi connectivity index (χ4v) is 3.17. The highest BCUT2D eigenvalue weighted by Crippen LogP contribution is 2.38. The zero-order chi connectivity index (χ0) is 10.8. The highest BCUT2D eigenvalue weighted by atomic mass is 35.5. The summed E-state index contributed by atoms with van der Waals surface area (Å²) in [7, 11) is 2.16. The number of anilines is 1. The Balaban J connectivity index is 0.00000128. The monoisotopic (exact) mass is 277 g/mol. The fraction of sp³-hybridized carbons (Fsp3) is 0.500. The van der Waals surface area contributed by atoms with Gasteiger partial charge in [-0.25, -0.2) is 0 Å². The lowest BCUT2D eigenvalue weighted by molar-refractivity contribution is 0.839. The lowest BCUT2D eigenvalue weighted by Crippen LogP contribution is -2.22. The number of benzene rings is 1. The van der Waals surface area contributed by atoms with E-state index in [0.717, 1.165) is 11.6 Å². The first-order chi connectivity index (χ1) is 7.18. The van der Waals surface area contributed by atoms with Crippen LogP contribution >= 0.6 is 35.8 Å². The summed E-state index contributed by atoms with van der Waals surface area (Å²) in [6, 6.07) is 6.23. The van der Waals surface area contributed by atoms with Crippen LogP contribution in [0.2, 0.25) is 5.02 Å². The smallest absolute Gasteiger partial charge is 0.0410 e. The molecule has 1 aromatic rings. The maximum atomic E-state index is 6.06. The van der Waals surface area contributed by atoms with Gasteiger partial charge in [0.1, 0.15) is 0 Å². The van der Waals surface area contributed by atoms with Crippen LogP contribution in [0, 0.1) is 0 Å². The van der Waals surface area contributed by atoms with Gasteiger partial charge in [-0.1, -0.05) is 11.6 Å². The van der Waals surface area contributed by atoms with Gasteiger partial charge < -0.3 is 4.90 Å². The Kier molecular flexibility index (Phi) is 5.29. The molecule has 0 bridgehead atoms. The van der Waals surface area contributed by atoms with E-state index in [2.05, 4.69) is 31.0 Å². The second-order valence-electron chi connectivity index (χ2n) is 3.99. The quantitative estimate of drug-likeness (QED) is 0.692. The Hall–Kier alpha value is -0.0500. The summed E-state index contributed by atoms with van der Waals surface area (Å²) >= 11 is 8.08. The van der Waals surface area contributed by atoms with Crippen LogP contribution in [0.5, 0.6) is 0 Å². The van der Waals surface area contributed by atoms with Crippen molar-refractivity contribution in [3.05, 3.63) is 28.8 Å². The summed E-state index contributed by atoms with van der Waals surface area (Å²) < 4.78 is 0. The topological polar surface area (TPSA) is 3.24 Å². The minimum absolute atomic E-state index is 0. The molecule has 1 heterocycles. The molecule has 0 aromatic heterocycles. The zero-order valence-corrected chi connectivity index (χ0v) is 12.0. The molecule has 0 amide bonds. The molecular weight excluding hydrogens is 261 g/mol. The minimum Gasteiger partial charge on any atom is -0.374 e. The Morgan fingerprint density at radius 1 is 1.44 bits per heavy atom. The van der Waals surface area contributed by atoms with E-state index in [1.54, 1.807) is 0 Å². The number of fused-ring (bicyclic) bond motifs is 1. The molecule has 0 N–H and O–H groups in total. The van der Waals surface area contributed by atoms with Gasteiger partial charge >= 0.3 is 0 Å². The number of rotatable bonds is 0. The number of hydrogen-bond donors (Lipinski definition) is 0. The maximum Gasteiger partial charge on any atom is 0.0410 e. The van der Waals surface area contributed by atoms with Gasteiger partial charge in [0.25, 0.3) is 0 Å². The van der Waals surface area contributed by atoms with Crippen LogP contribution in [0.15, 0.2) is 18.2 Å². The van der Waals surface area contributed by atoms with Crippen LogP contribution < -0.4 is 4.90 Å². The number of halogens is 2. The van der Waals surface area contributed by atoms with Crippen molar-refractivity contribution in [1.29, 1.82) is 0 Å². The normalized spacial score (nSPS) is 20.4. The highest BCUT2D eigenvalue weighted by molar-refractivity contribution is 7.99. The van der Waals surface area contributed by atoms with Crippen molar-refractivity contribution in [2.75, 3.05) is 24.2 Å². The van der Waals surface area contributed by atoms with Crippen molar-refractivity contribution in [3.8, 4) is 0 Å². The molecule has 0 saturated carbocycles. The fourth-order valence-electron chi connectivity index (χ4n) is 1.97. The van der Waals surface area contributed by atoms with Crippen molar-refractivity contribution < 1.29 is 0 Å². The van der Waals surface area contributed by atoms with Gasteiger partial charge in [0, 0.05) is 29.6 Å². The summed E-state index contributed by atoms with van der Waals surface area (Å²) in [5.41, 5.74) is 2.70. The van der Waals surface area contributed by atoms with Gasteiger partial charge in [0.05, 0.1) is 0 Å². The van der Waals surface area contributed by atoms with Crippen LogP contribution in [0.4, 0.5) is 5.69 Å². The molecule has 0 fully saturated rings. The van der Waals surface area contributed by atoms with Gasteiger partial charge in [-0.05, 0) is 42.9 Å². The Bertz CT molecular complexity index is 357. The van der Waals surface area contributed by atoms with Gasteiger partial charge in [-0.15, -0.1) is 12.4 Å². The van der Waals surface area contributed by atoms with Crippen molar-refractivity contribution in [2.24, 2.45) is 0 Å². The first-order valence-corrected chi connectivity index (χ1v) is 6.73. The average Bonchev–Trinajstić information content (AvgIpc) is 2.22. The first-order valence-electron chi connectivity index (χ1n) is 5.30. The molecule has 16 heavy (non-hydrogen) atoms. The van der Waals surface area contributed by atoms with Crippen LogP contribution in [0.3, 0.4) is 0 Å². The average molecular weight is 278 g/mol. The van der Waals surface area contributed by atoms with E-state index in [1.165, 1.54) is 23.4 Å². The van der Waals surface area contributed by atoms with Gasteiger partial charge in [-0.3, -0.25) is 0 Å². The summed E-state index contributed by atoms with van der Waals surface area (Å²) in [6.07, 6.45) is 1.26. The molecule has 0 spiro atoms. The standard InChI is InChI=1S/C12H16ClNS.ClH/c1-9-11-8-10(13)4-5-12(11)14(2)6-3-7-15-9;/h4-5,8-9H,3,6-7H2,1-2H3;1H. The van der Waals surface area contributed by atoms with E-state index in [-0.39, 0.29) is 12.4 Å². The Morgan fingerprint density at radius 2 is 2.19 bits per heavy atom. The molecule has 90 valence electrons. The van der Waals surface area contributed by atoms with E-state index < -0.39 is 0 Å².